The van der Waals surface area contributed by atoms with Gasteiger partial charge in [-0.05, 0) is 24.5 Å². The second-order valence-corrected chi connectivity index (χ2v) is 5.00. The molecule has 0 fully saturated rings. The Bertz CT molecular complexity index is 437. The van der Waals surface area contributed by atoms with E-state index >= 15 is 0 Å². The van der Waals surface area contributed by atoms with E-state index in [9.17, 15) is 9.18 Å². The number of carbonyl (C=O) groups excluding carboxylic acids is 1. The fourth-order valence-corrected chi connectivity index (χ4v) is 2.06. The summed E-state index contributed by atoms with van der Waals surface area (Å²) in [6, 6.07) is 4.21. The molecule has 3 nitrogen and oxygen atoms in total. The number of halogens is 2. The number of rotatable bonds is 6. The van der Waals surface area contributed by atoms with Crippen LogP contribution in [0.1, 0.15) is 30.6 Å². The molecule has 1 aromatic carbocycles. The molecular weight excluding hydrogens is 269 g/mol. The van der Waals surface area contributed by atoms with Crippen LogP contribution in [0, 0.1) is 11.7 Å². The highest BCUT2D eigenvalue weighted by molar-refractivity contribution is 6.17. The summed E-state index contributed by atoms with van der Waals surface area (Å²) in [4.78, 5) is 12.2. The zero-order chi connectivity index (χ0) is 14.4. The summed E-state index contributed by atoms with van der Waals surface area (Å²) in [5.41, 5.74) is -0.0646. The Hall–Kier alpha value is -1.29. The number of amides is 1. The normalized spacial score (nSPS) is 12.3. The number of nitrogens with one attached hydrogen (secondary N) is 1. The summed E-state index contributed by atoms with van der Waals surface area (Å²) in [7, 11) is 1.41. The summed E-state index contributed by atoms with van der Waals surface area (Å²) in [6.45, 7) is 3.96. The maximum atomic E-state index is 13.8. The molecule has 0 aromatic heterocycles. The van der Waals surface area contributed by atoms with Crippen molar-refractivity contribution in [1.82, 2.24) is 5.32 Å². The molecule has 0 spiro atoms. The van der Waals surface area contributed by atoms with Crippen molar-refractivity contribution in [3.05, 3.63) is 29.6 Å². The van der Waals surface area contributed by atoms with Gasteiger partial charge in [0.15, 0.2) is 0 Å². The van der Waals surface area contributed by atoms with E-state index < -0.39 is 11.7 Å². The van der Waals surface area contributed by atoms with Crippen LogP contribution in [0.15, 0.2) is 18.2 Å². The van der Waals surface area contributed by atoms with E-state index in [0.717, 1.165) is 0 Å². The van der Waals surface area contributed by atoms with Gasteiger partial charge in [-0.25, -0.2) is 4.39 Å². The van der Waals surface area contributed by atoms with Crippen LogP contribution < -0.4 is 10.1 Å². The van der Waals surface area contributed by atoms with Gasteiger partial charge in [0.05, 0.1) is 7.11 Å². The highest BCUT2D eigenvalue weighted by Crippen LogP contribution is 2.21. The highest BCUT2D eigenvalue weighted by Gasteiger charge is 2.22. The minimum absolute atomic E-state index is 0.0646. The van der Waals surface area contributed by atoms with E-state index in [-0.39, 0.29) is 23.3 Å². The maximum absolute atomic E-state index is 13.8. The smallest absolute Gasteiger partial charge is 0.258 e. The van der Waals surface area contributed by atoms with Crippen LogP contribution >= 0.6 is 11.6 Å². The van der Waals surface area contributed by atoms with E-state index in [0.29, 0.717) is 12.3 Å². The molecule has 0 heterocycles. The van der Waals surface area contributed by atoms with Gasteiger partial charge in [0, 0.05) is 11.9 Å². The van der Waals surface area contributed by atoms with Gasteiger partial charge in [-0.15, -0.1) is 11.6 Å². The Balaban J connectivity index is 2.94. The lowest BCUT2D eigenvalue weighted by Gasteiger charge is -2.22. The predicted molar refractivity (Wildman–Crippen MR) is 74.4 cm³/mol. The fraction of sp³-hybridized carbons (Fsp3) is 0.500. The lowest BCUT2D eigenvalue weighted by Crippen LogP contribution is -2.39. The van der Waals surface area contributed by atoms with Crippen molar-refractivity contribution >= 4 is 17.5 Å². The van der Waals surface area contributed by atoms with Gasteiger partial charge < -0.3 is 10.1 Å². The zero-order valence-corrected chi connectivity index (χ0v) is 12.1. The number of hydrogen-bond acceptors (Lipinski definition) is 2. The Morgan fingerprint density at radius 3 is 2.68 bits per heavy atom. The molecule has 1 amide bonds. The van der Waals surface area contributed by atoms with Gasteiger partial charge in [-0.3, -0.25) is 4.79 Å². The van der Waals surface area contributed by atoms with E-state index in [1.807, 2.05) is 13.8 Å². The molecule has 0 aliphatic carbocycles. The Kier molecular flexibility index (Phi) is 6.09. The molecule has 19 heavy (non-hydrogen) atoms. The molecular formula is C14H19ClFNO2. The third-order valence-electron chi connectivity index (χ3n) is 2.96. The van der Waals surface area contributed by atoms with Crippen molar-refractivity contribution in [1.29, 1.82) is 0 Å². The van der Waals surface area contributed by atoms with Gasteiger partial charge in [-0.1, -0.05) is 19.9 Å². The van der Waals surface area contributed by atoms with Gasteiger partial charge >= 0.3 is 0 Å². The van der Waals surface area contributed by atoms with Gasteiger partial charge in [0.1, 0.15) is 17.1 Å². The third kappa shape index (κ3) is 4.10. The number of ether oxygens (including phenoxy) is 1. The van der Waals surface area contributed by atoms with Crippen LogP contribution in [0.25, 0.3) is 0 Å². The first-order valence-electron chi connectivity index (χ1n) is 6.20. The quantitative estimate of drug-likeness (QED) is 0.816. The Morgan fingerprint density at radius 1 is 1.47 bits per heavy atom. The first kappa shape index (κ1) is 15.8. The lowest BCUT2D eigenvalue weighted by molar-refractivity contribution is 0.0917. The molecule has 0 saturated heterocycles. The second-order valence-electron chi connectivity index (χ2n) is 4.62. The number of alkyl halides is 1. The first-order chi connectivity index (χ1) is 9.01. The minimum atomic E-state index is -0.592. The van der Waals surface area contributed by atoms with E-state index in [1.54, 1.807) is 6.07 Å². The predicted octanol–water partition coefficient (Wildman–Crippen LogP) is 3.22. The zero-order valence-electron chi connectivity index (χ0n) is 11.4. The molecule has 0 aliphatic rings. The molecule has 0 bridgehead atoms. The Labute approximate surface area is 118 Å². The molecule has 1 aromatic rings. The maximum Gasteiger partial charge on any atom is 0.258 e. The Morgan fingerprint density at radius 2 is 2.16 bits per heavy atom. The van der Waals surface area contributed by atoms with Crippen LogP contribution in [0.4, 0.5) is 4.39 Å². The van der Waals surface area contributed by atoms with Gasteiger partial charge in [0.2, 0.25) is 0 Å². The summed E-state index contributed by atoms with van der Waals surface area (Å²) >= 11 is 5.71. The van der Waals surface area contributed by atoms with Gasteiger partial charge in [0.25, 0.3) is 5.91 Å². The summed E-state index contributed by atoms with van der Waals surface area (Å²) in [6.07, 6.45) is 0.641. The van der Waals surface area contributed by atoms with Crippen molar-refractivity contribution in [3.63, 3.8) is 0 Å². The largest absolute Gasteiger partial charge is 0.496 e. The monoisotopic (exact) mass is 287 g/mol. The van der Waals surface area contributed by atoms with Crippen LogP contribution in [0.3, 0.4) is 0 Å². The lowest BCUT2D eigenvalue weighted by atomic mass is 10.0. The summed E-state index contributed by atoms with van der Waals surface area (Å²) in [5.74, 6) is -0.173. The third-order valence-corrected chi connectivity index (χ3v) is 3.18. The van der Waals surface area contributed by atoms with Crippen molar-refractivity contribution in [2.24, 2.45) is 5.92 Å². The van der Waals surface area contributed by atoms with Crippen LogP contribution in [-0.4, -0.2) is 24.9 Å². The molecule has 106 valence electrons. The molecule has 1 unspecified atom stereocenters. The minimum Gasteiger partial charge on any atom is -0.496 e. The average molecular weight is 288 g/mol. The van der Waals surface area contributed by atoms with Crippen molar-refractivity contribution in [2.75, 3.05) is 13.0 Å². The van der Waals surface area contributed by atoms with Gasteiger partial charge in [-0.2, -0.15) is 0 Å². The molecule has 1 atom stereocenters. The number of hydrogen-bond donors (Lipinski definition) is 1. The van der Waals surface area contributed by atoms with Crippen molar-refractivity contribution < 1.29 is 13.9 Å². The van der Waals surface area contributed by atoms with Crippen LogP contribution in [0.2, 0.25) is 0 Å². The van der Waals surface area contributed by atoms with Crippen molar-refractivity contribution in [3.8, 4) is 5.75 Å². The first-order valence-corrected chi connectivity index (χ1v) is 6.74. The number of carbonyl (C=O) groups is 1. The van der Waals surface area contributed by atoms with E-state index in [2.05, 4.69) is 5.32 Å². The summed E-state index contributed by atoms with van der Waals surface area (Å²) in [5, 5.41) is 2.81. The average Bonchev–Trinajstić information content (AvgIpc) is 2.37. The molecule has 0 saturated carbocycles. The highest BCUT2D eigenvalue weighted by atomic mass is 35.5. The number of benzene rings is 1. The molecule has 0 radical (unpaired) electrons. The molecule has 1 rings (SSSR count). The van der Waals surface area contributed by atoms with Crippen molar-refractivity contribution in [2.45, 2.75) is 26.3 Å². The van der Waals surface area contributed by atoms with E-state index in [1.165, 1.54) is 19.2 Å². The topological polar surface area (TPSA) is 38.3 Å². The van der Waals surface area contributed by atoms with Crippen LogP contribution in [-0.2, 0) is 0 Å². The second kappa shape index (κ2) is 7.34. The molecule has 0 aliphatic heterocycles. The molecule has 5 heteroatoms. The number of methoxy groups -OCH3 is 1. The fourth-order valence-electron chi connectivity index (χ4n) is 1.83. The molecule has 1 N–H and O–H groups in total. The standard InChI is InChI=1S/C14H19ClFNO2/c1-9(2)11(7-8-15)17-14(18)13-10(16)5-4-6-12(13)19-3/h4-6,9,11H,7-8H2,1-3H3,(H,17,18). The van der Waals surface area contributed by atoms with Crippen LogP contribution in [0.5, 0.6) is 5.75 Å². The summed E-state index contributed by atoms with van der Waals surface area (Å²) < 4.78 is 18.8. The van der Waals surface area contributed by atoms with E-state index in [4.69, 9.17) is 16.3 Å². The SMILES string of the molecule is COc1cccc(F)c1C(=O)NC(CCCl)C(C)C.